The normalized spacial score (nSPS) is 11.9. The molecular weight excluding hydrogens is 246 g/mol. The minimum atomic E-state index is -0.357. The molecule has 0 aliphatic carbocycles. The van der Waals surface area contributed by atoms with E-state index in [1.54, 1.807) is 0 Å². The zero-order valence-electron chi connectivity index (χ0n) is 12.1. The van der Waals surface area contributed by atoms with Crippen molar-refractivity contribution in [1.82, 2.24) is 0 Å². The van der Waals surface area contributed by atoms with E-state index in [4.69, 9.17) is 4.74 Å². The molecule has 0 heterocycles. The summed E-state index contributed by atoms with van der Waals surface area (Å²) in [6.45, 7) is 5.36. The minimum Gasteiger partial charge on any atom is -0.365 e. The average molecular weight is 267 g/mol. The molecule has 2 nitrogen and oxygen atoms in total. The summed E-state index contributed by atoms with van der Waals surface area (Å²) < 4.78 is 5.90. The Bertz CT molecular complexity index is 532. The SMILES string of the molecule is CC(C)(C=NCc1ccccc1)OCc1ccccc1. The highest BCUT2D eigenvalue weighted by Gasteiger charge is 2.14. The van der Waals surface area contributed by atoms with Crippen LogP contribution in [0.3, 0.4) is 0 Å². The molecule has 2 rings (SSSR count). The predicted octanol–water partition coefficient (Wildman–Crippen LogP) is 4.25. The summed E-state index contributed by atoms with van der Waals surface area (Å²) in [5.74, 6) is 0. The summed E-state index contributed by atoms with van der Waals surface area (Å²) in [5, 5.41) is 0. The van der Waals surface area contributed by atoms with Gasteiger partial charge in [0.1, 0.15) is 0 Å². The van der Waals surface area contributed by atoms with Crippen molar-refractivity contribution in [3.05, 3.63) is 71.8 Å². The first-order valence-electron chi connectivity index (χ1n) is 6.88. The van der Waals surface area contributed by atoms with Crippen LogP contribution in [-0.4, -0.2) is 11.8 Å². The lowest BCUT2D eigenvalue weighted by Gasteiger charge is -2.20. The Morgan fingerprint density at radius 2 is 1.45 bits per heavy atom. The Morgan fingerprint density at radius 3 is 2.05 bits per heavy atom. The lowest BCUT2D eigenvalue weighted by atomic mass is 10.1. The summed E-state index contributed by atoms with van der Waals surface area (Å²) in [5.41, 5.74) is 2.03. The number of nitrogens with zero attached hydrogens (tertiary/aromatic N) is 1. The van der Waals surface area contributed by atoms with Gasteiger partial charge in [0.05, 0.1) is 18.8 Å². The number of ether oxygens (including phenoxy) is 1. The number of hydrogen-bond donors (Lipinski definition) is 0. The van der Waals surface area contributed by atoms with Crippen LogP contribution in [-0.2, 0) is 17.9 Å². The van der Waals surface area contributed by atoms with Gasteiger partial charge in [-0.2, -0.15) is 0 Å². The fourth-order valence-corrected chi connectivity index (χ4v) is 1.84. The highest BCUT2D eigenvalue weighted by Crippen LogP contribution is 2.11. The monoisotopic (exact) mass is 267 g/mol. The number of rotatable bonds is 6. The van der Waals surface area contributed by atoms with Gasteiger partial charge in [0.15, 0.2) is 0 Å². The highest BCUT2D eigenvalue weighted by atomic mass is 16.5. The first-order chi connectivity index (χ1) is 9.66. The van der Waals surface area contributed by atoms with Gasteiger partial charge in [0.2, 0.25) is 0 Å². The van der Waals surface area contributed by atoms with Crippen molar-refractivity contribution >= 4 is 6.21 Å². The third kappa shape index (κ3) is 4.98. The van der Waals surface area contributed by atoms with Gasteiger partial charge >= 0.3 is 0 Å². The molecule has 0 aliphatic rings. The zero-order valence-corrected chi connectivity index (χ0v) is 12.1. The largest absolute Gasteiger partial charge is 0.365 e. The second-order valence-corrected chi connectivity index (χ2v) is 5.33. The molecule has 0 atom stereocenters. The van der Waals surface area contributed by atoms with Crippen LogP contribution in [0.5, 0.6) is 0 Å². The van der Waals surface area contributed by atoms with E-state index in [0.29, 0.717) is 13.2 Å². The molecule has 2 heteroatoms. The molecule has 2 aromatic rings. The lowest BCUT2D eigenvalue weighted by molar-refractivity contribution is 0.0254. The van der Waals surface area contributed by atoms with E-state index >= 15 is 0 Å². The Morgan fingerprint density at radius 1 is 0.900 bits per heavy atom. The Balaban J connectivity index is 1.84. The Kier molecular flexibility index (Phi) is 5.08. The third-order valence-corrected chi connectivity index (χ3v) is 2.97. The van der Waals surface area contributed by atoms with E-state index in [9.17, 15) is 0 Å². The molecule has 104 valence electrons. The smallest absolute Gasteiger partial charge is 0.0976 e. The average Bonchev–Trinajstić information content (AvgIpc) is 2.47. The second-order valence-electron chi connectivity index (χ2n) is 5.33. The maximum Gasteiger partial charge on any atom is 0.0976 e. The van der Waals surface area contributed by atoms with Gasteiger partial charge in [0.25, 0.3) is 0 Å². The van der Waals surface area contributed by atoms with Crippen LogP contribution in [0.25, 0.3) is 0 Å². The summed E-state index contributed by atoms with van der Waals surface area (Å²) in [7, 11) is 0. The lowest BCUT2D eigenvalue weighted by Crippen LogP contribution is -2.26. The highest BCUT2D eigenvalue weighted by molar-refractivity contribution is 5.67. The van der Waals surface area contributed by atoms with E-state index in [1.165, 1.54) is 11.1 Å². The van der Waals surface area contributed by atoms with Gasteiger partial charge in [-0.3, -0.25) is 4.99 Å². The molecule has 0 saturated carbocycles. The van der Waals surface area contributed by atoms with E-state index in [1.807, 2.05) is 56.5 Å². The molecule has 0 unspecified atom stereocenters. The van der Waals surface area contributed by atoms with Crippen molar-refractivity contribution in [3.8, 4) is 0 Å². The van der Waals surface area contributed by atoms with Crippen LogP contribution < -0.4 is 0 Å². The van der Waals surface area contributed by atoms with Gasteiger partial charge in [-0.1, -0.05) is 60.7 Å². The zero-order chi connectivity index (χ0) is 14.3. The standard InChI is InChI=1S/C18H21NO/c1-18(2,20-14-17-11-7-4-8-12-17)15-19-13-16-9-5-3-6-10-16/h3-12,15H,13-14H2,1-2H3. The van der Waals surface area contributed by atoms with E-state index in [0.717, 1.165) is 0 Å². The van der Waals surface area contributed by atoms with Crippen LogP contribution in [0.2, 0.25) is 0 Å². The van der Waals surface area contributed by atoms with Gasteiger partial charge in [0, 0.05) is 6.21 Å². The van der Waals surface area contributed by atoms with Gasteiger partial charge in [-0.05, 0) is 25.0 Å². The number of hydrogen-bond acceptors (Lipinski definition) is 2. The van der Waals surface area contributed by atoms with Crippen molar-refractivity contribution in [3.63, 3.8) is 0 Å². The fourth-order valence-electron chi connectivity index (χ4n) is 1.84. The van der Waals surface area contributed by atoms with E-state index < -0.39 is 0 Å². The first-order valence-corrected chi connectivity index (χ1v) is 6.88. The quantitative estimate of drug-likeness (QED) is 0.717. The van der Waals surface area contributed by atoms with Crippen molar-refractivity contribution in [1.29, 1.82) is 0 Å². The minimum absolute atomic E-state index is 0.357. The molecule has 0 aliphatic heterocycles. The van der Waals surface area contributed by atoms with Crippen molar-refractivity contribution < 1.29 is 4.74 Å². The molecule has 0 bridgehead atoms. The van der Waals surface area contributed by atoms with E-state index in [-0.39, 0.29) is 5.60 Å². The Labute approximate surface area is 121 Å². The number of aliphatic imine (C=N–C) groups is 1. The molecule has 20 heavy (non-hydrogen) atoms. The van der Waals surface area contributed by atoms with Crippen molar-refractivity contribution in [2.24, 2.45) is 4.99 Å². The topological polar surface area (TPSA) is 21.6 Å². The summed E-state index contributed by atoms with van der Waals surface area (Å²) in [4.78, 5) is 4.48. The number of benzene rings is 2. The molecule has 2 aromatic carbocycles. The van der Waals surface area contributed by atoms with Crippen molar-refractivity contribution in [2.75, 3.05) is 0 Å². The molecule has 0 fully saturated rings. The van der Waals surface area contributed by atoms with Gasteiger partial charge in [-0.15, -0.1) is 0 Å². The van der Waals surface area contributed by atoms with Crippen LogP contribution in [0.4, 0.5) is 0 Å². The maximum absolute atomic E-state index is 5.90. The molecule has 0 saturated heterocycles. The summed E-state index contributed by atoms with van der Waals surface area (Å²) >= 11 is 0. The Hall–Kier alpha value is -1.93. The molecular formula is C18H21NO. The maximum atomic E-state index is 5.90. The second kappa shape index (κ2) is 7.01. The first kappa shape index (κ1) is 14.5. The summed E-state index contributed by atoms with van der Waals surface area (Å²) in [6, 6.07) is 20.4. The third-order valence-electron chi connectivity index (χ3n) is 2.97. The van der Waals surface area contributed by atoms with Gasteiger partial charge in [-0.25, -0.2) is 0 Å². The van der Waals surface area contributed by atoms with Crippen LogP contribution >= 0.6 is 0 Å². The van der Waals surface area contributed by atoms with Crippen LogP contribution in [0.1, 0.15) is 25.0 Å². The molecule has 0 radical (unpaired) electrons. The van der Waals surface area contributed by atoms with E-state index in [2.05, 4.69) is 29.3 Å². The fraction of sp³-hybridized carbons (Fsp3) is 0.278. The van der Waals surface area contributed by atoms with Crippen LogP contribution in [0, 0.1) is 0 Å². The molecule has 0 N–H and O–H groups in total. The van der Waals surface area contributed by atoms with Crippen LogP contribution in [0.15, 0.2) is 65.7 Å². The van der Waals surface area contributed by atoms with Gasteiger partial charge < -0.3 is 4.74 Å². The molecule has 0 spiro atoms. The summed E-state index contributed by atoms with van der Waals surface area (Å²) in [6.07, 6.45) is 1.89. The molecule has 0 aromatic heterocycles. The van der Waals surface area contributed by atoms with Crippen molar-refractivity contribution in [2.45, 2.75) is 32.6 Å². The predicted molar refractivity (Wildman–Crippen MR) is 83.9 cm³/mol. The molecule has 0 amide bonds.